The molecule has 9 heteroatoms. The first-order valence-corrected chi connectivity index (χ1v) is 9.95. The number of benzene rings is 2. The van der Waals surface area contributed by atoms with Crippen molar-refractivity contribution in [1.29, 1.82) is 0 Å². The Balaban J connectivity index is 1.64. The molecule has 2 aromatic carbocycles. The summed E-state index contributed by atoms with van der Waals surface area (Å²) in [6.45, 7) is 2.48. The minimum Gasteiger partial charge on any atom is -0.497 e. The first-order valence-electron chi connectivity index (χ1n) is 9.95. The van der Waals surface area contributed by atoms with Crippen LogP contribution in [0.5, 0.6) is 11.5 Å². The monoisotopic (exact) mass is 424 g/mol. The Morgan fingerprint density at radius 1 is 1.06 bits per heavy atom. The zero-order chi connectivity index (χ0) is 21.8. The van der Waals surface area contributed by atoms with Crippen LogP contribution in [0.4, 0.5) is 5.82 Å². The molecule has 0 bridgehead atoms. The first-order chi connectivity index (χ1) is 15.1. The van der Waals surface area contributed by atoms with Gasteiger partial charge in [-0.05, 0) is 23.8 Å². The molecule has 0 aliphatic carbocycles. The zero-order valence-electron chi connectivity index (χ0n) is 17.5. The van der Waals surface area contributed by atoms with Gasteiger partial charge < -0.3 is 19.1 Å². The highest BCUT2D eigenvalue weighted by Gasteiger charge is 2.19. The summed E-state index contributed by atoms with van der Waals surface area (Å²) < 4.78 is 15.9. The number of anilines is 1. The van der Waals surface area contributed by atoms with Gasteiger partial charge in [0.2, 0.25) is 5.91 Å². The highest BCUT2D eigenvalue weighted by atomic mass is 16.5. The lowest BCUT2D eigenvalue weighted by molar-refractivity contribution is -0.116. The van der Waals surface area contributed by atoms with E-state index in [0.717, 1.165) is 10.2 Å². The van der Waals surface area contributed by atoms with Crippen LogP contribution in [0.25, 0.3) is 10.8 Å². The molecule has 31 heavy (non-hydrogen) atoms. The van der Waals surface area contributed by atoms with E-state index >= 15 is 0 Å². The summed E-state index contributed by atoms with van der Waals surface area (Å²) in [4.78, 5) is 28.8. The number of rotatable bonds is 6. The number of hydrogen-bond donors (Lipinski definition) is 1. The maximum absolute atomic E-state index is 13.0. The normalized spacial score (nSPS) is 13.8. The summed E-state index contributed by atoms with van der Waals surface area (Å²) in [7, 11) is 3.09. The van der Waals surface area contributed by atoms with Crippen LogP contribution < -0.4 is 25.4 Å². The van der Waals surface area contributed by atoms with E-state index in [0.29, 0.717) is 54.6 Å². The number of nitrogens with one attached hydrogen (secondary N) is 1. The quantitative estimate of drug-likeness (QED) is 0.642. The van der Waals surface area contributed by atoms with E-state index in [2.05, 4.69) is 15.4 Å². The van der Waals surface area contributed by atoms with Crippen molar-refractivity contribution in [1.82, 2.24) is 9.89 Å². The molecule has 0 spiro atoms. The number of hydrogen-bond acceptors (Lipinski definition) is 7. The van der Waals surface area contributed by atoms with E-state index in [1.807, 2.05) is 12.1 Å². The third kappa shape index (κ3) is 4.46. The minimum absolute atomic E-state index is 0.0292. The van der Waals surface area contributed by atoms with Crippen LogP contribution in [0, 0.1) is 0 Å². The van der Waals surface area contributed by atoms with Crippen molar-refractivity contribution in [3.05, 3.63) is 58.4 Å². The second-order valence-electron chi connectivity index (χ2n) is 7.12. The number of nitrogens with zero attached hydrogens (tertiary/aromatic N) is 3. The van der Waals surface area contributed by atoms with Gasteiger partial charge in [0, 0.05) is 24.5 Å². The first kappa shape index (κ1) is 20.7. The summed E-state index contributed by atoms with van der Waals surface area (Å²) >= 11 is 0. The van der Waals surface area contributed by atoms with Gasteiger partial charge >= 0.3 is 0 Å². The third-order valence-corrected chi connectivity index (χ3v) is 5.10. The molecule has 0 atom stereocenters. The summed E-state index contributed by atoms with van der Waals surface area (Å²) in [6.07, 6.45) is 0.0292. The highest BCUT2D eigenvalue weighted by Crippen LogP contribution is 2.24. The molecule has 1 aromatic heterocycles. The fourth-order valence-corrected chi connectivity index (χ4v) is 3.57. The molecule has 1 saturated heterocycles. The topological polar surface area (TPSA) is 94.9 Å². The Labute approximate surface area is 179 Å². The Bertz CT molecular complexity index is 1130. The molecule has 0 saturated carbocycles. The fraction of sp³-hybridized carbons (Fsp3) is 0.318. The summed E-state index contributed by atoms with van der Waals surface area (Å²) in [5, 5.41) is 5.70. The molecule has 1 N–H and O–H groups in total. The lowest BCUT2D eigenvalue weighted by Crippen LogP contribution is -2.41. The molecular weight excluding hydrogens is 400 g/mol. The van der Waals surface area contributed by atoms with Gasteiger partial charge in [0.05, 0.1) is 39.2 Å². The Morgan fingerprint density at radius 2 is 1.71 bits per heavy atom. The largest absolute Gasteiger partial charge is 0.497 e. The number of carbonyl (C=O) groups is 1. The second-order valence-corrected chi connectivity index (χ2v) is 7.12. The van der Waals surface area contributed by atoms with Crippen molar-refractivity contribution in [2.45, 2.75) is 6.42 Å². The maximum atomic E-state index is 13.0. The van der Waals surface area contributed by atoms with E-state index in [1.54, 1.807) is 44.6 Å². The van der Waals surface area contributed by atoms with Crippen molar-refractivity contribution in [2.24, 2.45) is 0 Å². The van der Waals surface area contributed by atoms with Gasteiger partial charge in [0.25, 0.3) is 5.56 Å². The zero-order valence-corrected chi connectivity index (χ0v) is 17.5. The number of methoxy groups -OCH3 is 2. The maximum Gasteiger partial charge on any atom is 0.294 e. The molecule has 1 aliphatic heterocycles. The predicted molar refractivity (Wildman–Crippen MR) is 117 cm³/mol. The fourth-order valence-electron chi connectivity index (χ4n) is 3.57. The van der Waals surface area contributed by atoms with Crippen LogP contribution >= 0.6 is 0 Å². The van der Waals surface area contributed by atoms with E-state index < -0.39 is 0 Å². The number of fused-ring (bicyclic) bond motifs is 1. The third-order valence-electron chi connectivity index (χ3n) is 5.10. The Kier molecular flexibility index (Phi) is 6.03. The summed E-state index contributed by atoms with van der Waals surface area (Å²) in [5.74, 6) is 1.42. The minimum atomic E-state index is -0.385. The molecule has 0 unspecified atom stereocenters. The molecule has 0 radical (unpaired) electrons. The molecular formula is C22H24N4O5. The van der Waals surface area contributed by atoms with Crippen molar-refractivity contribution in [3.8, 4) is 11.5 Å². The average molecular weight is 424 g/mol. The smallest absolute Gasteiger partial charge is 0.294 e. The van der Waals surface area contributed by atoms with Gasteiger partial charge in [-0.1, -0.05) is 18.2 Å². The van der Waals surface area contributed by atoms with E-state index in [-0.39, 0.29) is 17.9 Å². The van der Waals surface area contributed by atoms with Gasteiger partial charge in [-0.25, -0.2) is 5.43 Å². The van der Waals surface area contributed by atoms with Crippen molar-refractivity contribution >= 4 is 22.5 Å². The van der Waals surface area contributed by atoms with Crippen LogP contribution in [-0.4, -0.2) is 56.3 Å². The lowest BCUT2D eigenvalue weighted by atomic mass is 10.1. The van der Waals surface area contributed by atoms with Crippen molar-refractivity contribution in [3.63, 3.8) is 0 Å². The average Bonchev–Trinajstić information content (AvgIpc) is 2.81. The van der Waals surface area contributed by atoms with Gasteiger partial charge in [-0.15, -0.1) is 9.89 Å². The van der Waals surface area contributed by atoms with E-state index in [9.17, 15) is 9.59 Å². The molecule has 4 rings (SSSR count). The Hall–Kier alpha value is -3.59. The van der Waals surface area contributed by atoms with Crippen LogP contribution in [0.3, 0.4) is 0 Å². The predicted octanol–water partition coefficient (Wildman–Crippen LogP) is 1.56. The molecule has 2 heterocycles. The molecule has 1 fully saturated rings. The van der Waals surface area contributed by atoms with Gasteiger partial charge in [-0.3, -0.25) is 9.59 Å². The van der Waals surface area contributed by atoms with E-state index in [1.165, 1.54) is 0 Å². The lowest BCUT2D eigenvalue weighted by Gasteiger charge is -2.29. The number of ether oxygens (including phenoxy) is 3. The molecule has 1 aliphatic rings. The number of morpholine rings is 1. The van der Waals surface area contributed by atoms with Crippen LogP contribution in [-0.2, 0) is 16.0 Å². The summed E-state index contributed by atoms with van der Waals surface area (Å²) in [5.41, 5.74) is 2.93. The molecule has 3 aromatic rings. The number of amides is 1. The van der Waals surface area contributed by atoms with Gasteiger partial charge in [0.1, 0.15) is 11.5 Å². The standard InChI is InChI=1S/C22H24N4O5/c1-29-16-11-15(12-17(14-16)30-2)13-20(27)23-26-22(28)19-6-4-3-5-18(19)21(24-26)25-7-9-31-10-8-25/h3-6,11-12,14H,7-10,13H2,1-2H3,(H,23,27). The van der Waals surface area contributed by atoms with Gasteiger partial charge in [-0.2, -0.15) is 0 Å². The van der Waals surface area contributed by atoms with Crippen molar-refractivity contribution in [2.75, 3.05) is 50.8 Å². The highest BCUT2D eigenvalue weighted by molar-refractivity contribution is 5.92. The van der Waals surface area contributed by atoms with Crippen LogP contribution in [0.2, 0.25) is 0 Å². The number of aromatic nitrogens is 2. The van der Waals surface area contributed by atoms with Crippen LogP contribution in [0.15, 0.2) is 47.3 Å². The SMILES string of the molecule is COc1cc(CC(=O)Nn2nc(N3CCOCC3)c3ccccc3c2=O)cc(OC)c1. The Morgan fingerprint density at radius 3 is 2.35 bits per heavy atom. The second kappa shape index (κ2) is 9.05. The molecule has 1 amide bonds. The summed E-state index contributed by atoms with van der Waals surface area (Å²) in [6, 6.07) is 12.5. The molecule has 162 valence electrons. The number of carbonyl (C=O) groups excluding carboxylic acids is 1. The molecule has 9 nitrogen and oxygen atoms in total. The van der Waals surface area contributed by atoms with Crippen molar-refractivity contribution < 1.29 is 19.0 Å². The van der Waals surface area contributed by atoms with Crippen LogP contribution in [0.1, 0.15) is 5.56 Å². The van der Waals surface area contributed by atoms with E-state index in [4.69, 9.17) is 14.2 Å². The van der Waals surface area contributed by atoms with Gasteiger partial charge in [0.15, 0.2) is 5.82 Å².